The lowest BCUT2D eigenvalue weighted by Crippen LogP contribution is -2.42. The normalized spacial score (nSPS) is 25.1. The highest BCUT2D eigenvalue weighted by atomic mass is 16.6. The summed E-state index contributed by atoms with van der Waals surface area (Å²) in [6.07, 6.45) is -2.99. The highest BCUT2D eigenvalue weighted by molar-refractivity contribution is 5.83. The van der Waals surface area contributed by atoms with Crippen LogP contribution in [0.2, 0.25) is 0 Å². The van der Waals surface area contributed by atoms with E-state index in [1.807, 2.05) is 0 Å². The Balaban J connectivity index is 2.29. The van der Waals surface area contributed by atoms with Crippen molar-refractivity contribution < 1.29 is 24.2 Å². The Morgan fingerprint density at radius 3 is 2.65 bits per heavy atom. The molecule has 2 heterocycles. The van der Waals surface area contributed by atoms with Gasteiger partial charge in [0.25, 0.3) is 5.56 Å². The summed E-state index contributed by atoms with van der Waals surface area (Å²) in [7, 11) is 0. The summed E-state index contributed by atoms with van der Waals surface area (Å²) < 4.78 is 11.6. The van der Waals surface area contributed by atoms with E-state index in [1.54, 1.807) is 0 Å². The summed E-state index contributed by atoms with van der Waals surface area (Å²) in [4.78, 5) is 48.1. The molecule has 1 aliphatic heterocycles. The zero-order chi connectivity index (χ0) is 17.3. The third-order valence-corrected chi connectivity index (χ3v) is 3.58. The van der Waals surface area contributed by atoms with E-state index in [9.17, 15) is 24.3 Å². The van der Waals surface area contributed by atoms with E-state index in [-0.39, 0.29) is 6.42 Å². The predicted molar refractivity (Wildman–Crippen MR) is 76.8 cm³/mol. The van der Waals surface area contributed by atoms with Gasteiger partial charge in [-0.2, -0.15) is 0 Å². The Labute approximate surface area is 130 Å². The van der Waals surface area contributed by atoms with Crippen LogP contribution < -0.4 is 11.2 Å². The van der Waals surface area contributed by atoms with Gasteiger partial charge in [0, 0.05) is 25.1 Å². The molecule has 9 nitrogen and oxygen atoms in total. The molecule has 0 aliphatic carbocycles. The molecule has 2 N–H and O–H groups in total. The molecule has 126 valence electrons. The van der Waals surface area contributed by atoms with Gasteiger partial charge >= 0.3 is 11.7 Å². The first-order valence-corrected chi connectivity index (χ1v) is 7.04. The number of nitrogens with one attached hydrogen (secondary N) is 1. The minimum Gasteiger partial charge on any atom is -0.452 e. The van der Waals surface area contributed by atoms with Gasteiger partial charge in [0.2, 0.25) is 0 Å². The Morgan fingerprint density at radius 1 is 1.43 bits per heavy atom. The molecule has 9 heteroatoms. The number of hydrogen-bond acceptors (Lipinski definition) is 7. The van der Waals surface area contributed by atoms with Crippen LogP contribution in [-0.2, 0) is 19.1 Å². The van der Waals surface area contributed by atoms with E-state index in [0.29, 0.717) is 5.56 Å². The fourth-order valence-corrected chi connectivity index (χ4v) is 2.48. The van der Waals surface area contributed by atoms with Crippen molar-refractivity contribution in [2.24, 2.45) is 0 Å². The van der Waals surface area contributed by atoms with Crippen molar-refractivity contribution in [1.82, 2.24) is 9.55 Å². The molecule has 1 fully saturated rings. The maximum atomic E-state index is 11.9. The Morgan fingerprint density at radius 2 is 2.09 bits per heavy atom. The third-order valence-electron chi connectivity index (χ3n) is 3.58. The summed E-state index contributed by atoms with van der Waals surface area (Å²) in [6, 6.07) is 0. The van der Waals surface area contributed by atoms with Gasteiger partial charge in [-0.05, 0) is 13.8 Å². The molecule has 0 saturated carbocycles. The van der Waals surface area contributed by atoms with Crippen LogP contribution in [0.1, 0.15) is 32.1 Å². The molecule has 1 saturated heterocycles. The molecule has 0 amide bonds. The number of hydrogen-bond donors (Lipinski definition) is 2. The quantitative estimate of drug-likeness (QED) is 0.680. The molecule has 1 aliphatic rings. The average molecular weight is 326 g/mol. The Bertz CT molecular complexity index is 735. The highest BCUT2D eigenvalue weighted by Crippen LogP contribution is 2.30. The van der Waals surface area contributed by atoms with Crippen molar-refractivity contribution >= 4 is 11.8 Å². The fraction of sp³-hybridized carbons (Fsp3) is 0.571. The van der Waals surface area contributed by atoms with Gasteiger partial charge in [0.05, 0.1) is 6.10 Å². The van der Waals surface area contributed by atoms with Crippen LogP contribution in [0, 0.1) is 6.92 Å². The van der Waals surface area contributed by atoms with Gasteiger partial charge in [-0.25, -0.2) is 4.79 Å². The number of H-pyrrole nitrogens is 1. The number of carbonyl (C=O) groups excluding carboxylic acids is 2. The van der Waals surface area contributed by atoms with E-state index in [1.165, 1.54) is 20.0 Å². The zero-order valence-corrected chi connectivity index (χ0v) is 12.9. The SMILES string of the molecule is CC(=O)OC(C(C)=O)[C@H]1O[C@@H](n2cc(C)c(=O)[nH]c2=O)C[C@@H]1O. The smallest absolute Gasteiger partial charge is 0.330 e. The summed E-state index contributed by atoms with van der Waals surface area (Å²) in [5.41, 5.74) is -0.901. The minimum absolute atomic E-state index is 0.0150. The number of carbonyl (C=O) groups is 2. The standard InChI is InChI=1S/C14H18N2O7/c1-6-5-16(14(21)15-13(6)20)10-4-9(19)12(23-10)11(7(2)17)22-8(3)18/h5,9-12,19H,4H2,1-3H3,(H,15,20,21)/t9-,10+,11?,12-/m0/s1. The average Bonchev–Trinajstić information content (AvgIpc) is 2.81. The second kappa shape index (κ2) is 6.47. The maximum Gasteiger partial charge on any atom is 0.330 e. The fourth-order valence-electron chi connectivity index (χ4n) is 2.48. The van der Waals surface area contributed by atoms with Crippen molar-refractivity contribution in [2.75, 3.05) is 0 Å². The topological polar surface area (TPSA) is 128 Å². The maximum absolute atomic E-state index is 11.9. The number of aryl methyl sites for hydroxylation is 1. The summed E-state index contributed by atoms with van der Waals surface area (Å²) >= 11 is 0. The lowest BCUT2D eigenvalue weighted by atomic mass is 10.0. The number of Topliss-reactive ketones (excluding diaryl/α,β-unsaturated/α-hetero) is 1. The number of nitrogens with zero attached hydrogens (tertiary/aromatic N) is 1. The molecule has 1 aromatic heterocycles. The highest BCUT2D eigenvalue weighted by Gasteiger charge is 2.43. The lowest BCUT2D eigenvalue weighted by Gasteiger charge is -2.23. The van der Waals surface area contributed by atoms with Crippen LogP contribution in [0.25, 0.3) is 0 Å². The predicted octanol–water partition coefficient (Wildman–Crippen LogP) is -0.986. The zero-order valence-electron chi connectivity index (χ0n) is 12.9. The number of rotatable bonds is 4. The van der Waals surface area contributed by atoms with Gasteiger partial charge in [-0.15, -0.1) is 0 Å². The summed E-state index contributed by atoms with van der Waals surface area (Å²) in [5, 5.41) is 10.1. The second-order valence-electron chi connectivity index (χ2n) is 5.48. The van der Waals surface area contributed by atoms with Crippen molar-refractivity contribution in [3.63, 3.8) is 0 Å². The number of ketones is 1. The number of ether oxygens (including phenoxy) is 2. The molecule has 1 aromatic rings. The van der Waals surface area contributed by atoms with Crippen molar-refractivity contribution in [1.29, 1.82) is 0 Å². The first kappa shape index (κ1) is 17.1. The van der Waals surface area contributed by atoms with E-state index >= 15 is 0 Å². The second-order valence-corrected chi connectivity index (χ2v) is 5.48. The monoisotopic (exact) mass is 326 g/mol. The van der Waals surface area contributed by atoms with Crippen LogP contribution in [0.15, 0.2) is 15.8 Å². The van der Waals surface area contributed by atoms with Crippen molar-refractivity contribution in [3.8, 4) is 0 Å². The first-order valence-electron chi connectivity index (χ1n) is 7.04. The Hall–Kier alpha value is -2.26. The molecular weight excluding hydrogens is 308 g/mol. The molecule has 0 spiro atoms. The van der Waals surface area contributed by atoms with E-state index in [2.05, 4.69) is 4.98 Å². The van der Waals surface area contributed by atoms with Gasteiger partial charge in [-0.3, -0.25) is 23.9 Å². The van der Waals surface area contributed by atoms with Gasteiger partial charge in [-0.1, -0.05) is 0 Å². The molecule has 0 radical (unpaired) electrons. The van der Waals surface area contributed by atoms with Gasteiger partial charge in [0.1, 0.15) is 12.3 Å². The van der Waals surface area contributed by atoms with Crippen molar-refractivity contribution in [3.05, 3.63) is 32.6 Å². The minimum atomic E-state index is -1.26. The number of aromatic nitrogens is 2. The summed E-state index contributed by atoms with van der Waals surface area (Å²) in [5.74, 6) is -1.16. The number of aromatic amines is 1. The first-order chi connectivity index (χ1) is 10.7. The largest absolute Gasteiger partial charge is 0.452 e. The molecule has 1 unspecified atom stereocenters. The van der Waals surface area contributed by atoms with Crippen LogP contribution in [-0.4, -0.2) is 44.7 Å². The van der Waals surface area contributed by atoms with Gasteiger partial charge < -0.3 is 14.6 Å². The van der Waals surface area contributed by atoms with Crippen LogP contribution in [0.3, 0.4) is 0 Å². The van der Waals surface area contributed by atoms with E-state index in [0.717, 1.165) is 11.5 Å². The number of aliphatic hydroxyl groups excluding tert-OH is 1. The molecule has 23 heavy (non-hydrogen) atoms. The van der Waals surface area contributed by atoms with Crippen LogP contribution in [0.4, 0.5) is 0 Å². The van der Waals surface area contributed by atoms with Crippen LogP contribution >= 0.6 is 0 Å². The third kappa shape index (κ3) is 3.57. The van der Waals surface area contributed by atoms with Crippen LogP contribution in [0.5, 0.6) is 0 Å². The number of esters is 1. The molecular formula is C14H18N2O7. The van der Waals surface area contributed by atoms with Crippen molar-refractivity contribution in [2.45, 2.75) is 51.7 Å². The molecule has 0 aromatic carbocycles. The summed E-state index contributed by atoms with van der Waals surface area (Å²) in [6.45, 7) is 3.88. The molecule has 0 bridgehead atoms. The molecule has 2 rings (SSSR count). The lowest BCUT2D eigenvalue weighted by molar-refractivity contribution is -0.166. The van der Waals surface area contributed by atoms with E-state index < -0.39 is 47.5 Å². The molecule has 4 atom stereocenters. The van der Waals surface area contributed by atoms with Gasteiger partial charge in [0.15, 0.2) is 11.9 Å². The Kier molecular flexibility index (Phi) is 4.81. The number of aliphatic hydroxyl groups is 1. The van der Waals surface area contributed by atoms with E-state index in [4.69, 9.17) is 9.47 Å².